The van der Waals surface area contributed by atoms with Crippen LogP contribution in [0.3, 0.4) is 0 Å². The minimum Gasteiger partial charge on any atom is -0.351 e. The second-order valence-corrected chi connectivity index (χ2v) is 8.09. The maximum absolute atomic E-state index is 12.3. The number of nitrogens with one attached hydrogen (secondary N) is 1. The SMILES string of the molecule is CC(C)C[C@@H](N)C(=O)NC1C2(C)CCC(C2)C1(C)C. The van der Waals surface area contributed by atoms with E-state index in [1.807, 2.05) is 0 Å². The summed E-state index contributed by atoms with van der Waals surface area (Å²) >= 11 is 0. The highest BCUT2D eigenvalue weighted by molar-refractivity contribution is 5.82. The topological polar surface area (TPSA) is 55.1 Å². The number of hydrogen-bond acceptors (Lipinski definition) is 2. The lowest BCUT2D eigenvalue weighted by atomic mass is 9.68. The van der Waals surface area contributed by atoms with Crippen LogP contribution < -0.4 is 11.1 Å². The zero-order chi connectivity index (χ0) is 14.4. The van der Waals surface area contributed by atoms with Crippen molar-refractivity contribution in [3.63, 3.8) is 0 Å². The molecule has 4 atom stereocenters. The molecule has 0 aromatic heterocycles. The number of carbonyl (C=O) groups is 1. The van der Waals surface area contributed by atoms with Crippen molar-refractivity contribution in [3.05, 3.63) is 0 Å². The van der Waals surface area contributed by atoms with Crippen molar-refractivity contribution in [1.29, 1.82) is 0 Å². The normalized spacial score (nSPS) is 37.6. The Hall–Kier alpha value is -0.570. The summed E-state index contributed by atoms with van der Waals surface area (Å²) in [6.07, 6.45) is 4.57. The van der Waals surface area contributed by atoms with Crippen LogP contribution in [0.5, 0.6) is 0 Å². The Bertz CT molecular complexity index is 359. The summed E-state index contributed by atoms with van der Waals surface area (Å²) in [6.45, 7) is 11.2. The molecule has 3 unspecified atom stereocenters. The largest absolute Gasteiger partial charge is 0.351 e. The Morgan fingerprint density at radius 1 is 1.37 bits per heavy atom. The fourth-order valence-electron chi connectivity index (χ4n) is 4.53. The van der Waals surface area contributed by atoms with E-state index >= 15 is 0 Å². The lowest BCUT2D eigenvalue weighted by Crippen LogP contribution is -2.56. The number of nitrogens with two attached hydrogens (primary N) is 1. The van der Waals surface area contributed by atoms with Crippen LogP contribution in [-0.4, -0.2) is 18.0 Å². The zero-order valence-corrected chi connectivity index (χ0v) is 13.1. The van der Waals surface area contributed by atoms with Crippen LogP contribution in [0.2, 0.25) is 0 Å². The molecule has 2 bridgehead atoms. The van der Waals surface area contributed by atoms with Gasteiger partial charge in [-0.05, 0) is 48.3 Å². The first-order valence-electron chi connectivity index (χ1n) is 7.73. The first-order valence-corrected chi connectivity index (χ1v) is 7.73. The van der Waals surface area contributed by atoms with E-state index in [0.29, 0.717) is 5.92 Å². The van der Waals surface area contributed by atoms with E-state index in [0.717, 1.165) is 12.3 Å². The van der Waals surface area contributed by atoms with Gasteiger partial charge in [0.05, 0.1) is 6.04 Å². The maximum atomic E-state index is 12.3. The molecule has 2 fully saturated rings. The summed E-state index contributed by atoms with van der Waals surface area (Å²) in [7, 11) is 0. The quantitative estimate of drug-likeness (QED) is 0.822. The summed E-state index contributed by atoms with van der Waals surface area (Å²) in [5.74, 6) is 1.26. The van der Waals surface area contributed by atoms with Crippen LogP contribution in [0.4, 0.5) is 0 Å². The van der Waals surface area contributed by atoms with Crippen molar-refractivity contribution in [1.82, 2.24) is 5.32 Å². The Morgan fingerprint density at radius 2 is 2.00 bits per heavy atom. The molecule has 2 aliphatic carbocycles. The molecule has 0 heterocycles. The van der Waals surface area contributed by atoms with Crippen LogP contribution in [0.1, 0.15) is 60.3 Å². The van der Waals surface area contributed by atoms with Gasteiger partial charge in [0, 0.05) is 6.04 Å². The first kappa shape index (κ1) is 14.8. The van der Waals surface area contributed by atoms with Crippen molar-refractivity contribution in [2.24, 2.45) is 28.4 Å². The predicted octanol–water partition coefficient (Wildman–Crippen LogP) is 2.69. The van der Waals surface area contributed by atoms with Gasteiger partial charge in [0.15, 0.2) is 0 Å². The smallest absolute Gasteiger partial charge is 0.237 e. The number of rotatable bonds is 4. The van der Waals surface area contributed by atoms with E-state index in [4.69, 9.17) is 5.73 Å². The van der Waals surface area contributed by atoms with Crippen molar-refractivity contribution >= 4 is 5.91 Å². The molecule has 3 nitrogen and oxygen atoms in total. The van der Waals surface area contributed by atoms with Crippen molar-refractivity contribution in [2.75, 3.05) is 0 Å². The van der Waals surface area contributed by atoms with Gasteiger partial charge in [0.1, 0.15) is 0 Å². The van der Waals surface area contributed by atoms with Gasteiger partial charge >= 0.3 is 0 Å². The van der Waals surface area contributed by atoms with Gasteiger partial charge in [0.2, 0.25) is 5.91 Å². The third-order valence-electron chi connectivity index (χ3n) is 5.62. The predicted molar refractivity (Wildman–Crippen MR) is 78.6 cm³/mol. The Balaban J connectivity index is 2.04. The van der Waals surface area contributed by atoms with Gasteiger partial charge in [-0.25, -0.2) is 0 Å². The number of amides is 1. The number of hydrogen-bond donors (Lipinski definition) is 2. The molecule has 0 aromatic rings. The lowest BCUT2D eigenvalue weighted by molar-refractivity contribution is -0.125. The molecule has 3 N–H and O–H groups in total. The molecule has 0 saturated heterocycles. The standard InChI is InChI=1S/C16H30N2O/c1-10(2)8-12(17)13(19)18-14-15(3,4)11-6-7-16(14,5)9-11/h10-12,14H,6-9,17H2,1-5H3,(H,18,19)/t11?,12-,14?,16?/m1/s1. The number of fused-ring (bicyclic) bond motifs is 2. The summed E-state index contributed by atoms with van der Waals surface area (Å²) in [4.78, 5) is 12.3. The monoisotopic (exact) mass is 266 g/mol. The molecular weight excluding hydrogens is 236 g/mol. The van der Waals surface area contributed by atoms with Crippen LogP contribution in [0, 0.1) is 22.7 Å². The van der Waals surface area contributed by atoms with E-state index < -0.39 is 0 Å². The first-order chi connectivity index (χ1) is 8.67. The highest BCUT2D eigenvalue weighted by Gasteiger charge is 2.59. The van der Waals surface area contributed by atoms with Gasteiger partial charge in [-0.3, -0.25) is 4.79 Å². The molecule has 110 valence electrons. The van der Waals surface area contributed by atoms with E-state index in [1.165, 1.54) is 19.3 Å². The molecule has 2 saturated carbocycles. The fraction of sp³-hybridized carbons (Fsp3) is 0.938. The van der Waals surface area contributed by atoms with Gasteiger partial charge in [0.25, 0.3) is 0 Å². The minimum atomic E-state index is -0.362. The van der Waals surface area contributed by atoms with Crippen LogP contribution in [-0.2, 0) is 4.79 Å². The molecule has 0 aliphatic heterocycles. The minimum absolute atomic E-state index is 0.0422. The van der Waals surface area contributed by atoms with Gasteiger partial charge in [-0.15, -0.1) is 0 Å². The molecule has 2 rings (SSSR count). The van der Waals surface area contributed by atoms with Crippen LogP contribution in [0.25, 0.3) is 0 Å². The highest BCUT2D eigenvalue weighted by Crippen LogP contribution is 2.62. The molecule has 1 amide bonds. The van der Waals surface area contributed by atoms with Gasteiger partial charge in [-0.1, -0.05) is 34.6 Å². The van der Waals surface area contributed by atoms with E-state index in [2.05, 4.69) is 39.9 Å². The fourth-order valence-corrected chi connectivity index (χ4v) is 4.53. The summed E-state index contributed by atoms with van der Waals surface area (Å²) in [5, 5.41) is 3.28. The van der Waals surface area contributed by atoms with Gasteiger partial charge < -0.3 is 11.1 Å². The molecular formula is C16H30N2O. The van der Waals surface area contributed by atoms with Crippen LogP contribution >= 0.6 is 0 Å². The molecule has 19 heavy (non-hydrogen) atoms. The van der Waals surface area contributed by atoms with Crippen molar-refractivity contribution in [3.8, 4) is 0 Å². The molecule has 0 radical (unpaired) electrons. The van der Waals surface area contributed by atoms with E-state index in [9.17, 15) is 4.79 Å². The van der Waals surface area contributed by atoms with E-state index in [-0.39, 0.29) is 28.8 Å². The molecule has 3 heteroatoms. The molecule has 0 aromatic carbocycles. The molecule has 2 aliphatic rings. The average molecular weight is 266 g/mol. The highest BCUT2D eigenvalue weighted by atomic mass is 16.2. The Kier molecular flexibility index (Phi) is 3.72. The number of carbonyl (C=O) groups excluding carboxylic acids is 1. The van der Waals surface area contributed by atoms with Crippen LogP contribution in [0.15, 0.2) is 0 Å². The second-order valence-electron chi connectivity index (χ2n) is 8.09. The summed E-state index contributed by atoms with van der Waals surface area (Å²) < 4.78 is 0. The second kappa shape index (κ2) is 4.76. The Labute approximate surface area is 117 Å². The Morgan fingerprint density at radius 3 is 2.47 bits per heavy atom. The summed E-state index contributed by atoms with van der Waals surface area (Å²) in [6, 6.07) is -0.0806. The zero-order valence-electron chi connectivity index (χ0n) is 13.1. The molecule has 0 spiro atoms. The van der Waals surface area contributed by atoms with E-state index in [1.54, 1.807) is 0 Å². The third-order valence-corrected chi connectivity index (χ3v) is 5.62. The average Bonchev–Trinajstić information content (AvgIpc) is 2.74. The van der Waals surface area contributed by atoms with Crippen molar-refractivity contribution in [2.45, 2.75) is 72.4 Å². The summed E-state index contributed by atoms with van der Waals surface area (Å²) in [5.41, 5.74) is 6.50. The van der Waals surface area contributed by atoms with Gasteiger partial charge in [-0.2, -0.15) is 0 Å². The van der Waals surface area contributed by atoms with Crippen molar-refractivity contribution < 1.29 is 4.79 Å². The lowest BCUT2D eigenvalue weighted by Gasteiger charge is -2.43. The maximum Gasteiger partial charge on any atom is 0.237 e. The third kappa shape index (κ3) is 2.54.